The van der Waals surface area contributed by atoms with Crippen LogP contribution in [0.4, 0.5) is 0 Å². The minimum atomic E-state index is -0.398. The molecule has 0 radical (unpaired) electrons. The lowest BCUT2D eigenvalue weighted by atomic mass is 9.75. The Morgan fingerprint density at radius 3 is 2.44 bits per heavy atom. The van der Waals surface area contributed by atoms with Crippen LogP contribution in [0.2, 0.25) is 0 Å². The van der Waals surface area contributed by atoms with Crippen molar-refractivity contribution in [1.29, 1.82) is 0 Å². The summed E-state index contributed by atoms with van der Waals surface area (Å²) in [5, 5.41) is 0. The fraction of sp³-hybridized carbons (Fsp3) is 0.517. The highest BCUT2D eigenvalue weighted by molar-refractivity contribution is 5.89. The molecule has 0 N–H and O–H groups in total. The van der Waals surface area contributed by atoms with Crippen LogP contribution in [0.1, 0.15) is 73.4 Å². The van der Waals surface area contributed by atoms with Gasteiger partial charge in [-0.2, -0.15) is 0 Å². The molecule has 5 heteroatoms. The Balaban J connectivity index is 1.35. The molecule has 2 aromatic carbocycles. The molecule has 5 nitrogen and oxygen atoms in total. The van der Waals surface area contributed by atoms with E-state index < -0.39 is 5.41 Å². The zero-order chi connectivity index (χ0) is 24.1. The van der Waals surface area contributed by atoms with Crippen LogP contribution >= 0.6 is 0 Å². The maximum Gasteiger partial charge on any atom is 0.337 e. The first-order valence-electron chi connectivity index (χ1n) is 12.6. The molecule has 2 fully saturated rings. The third-order valence-electron chi connectivity index (χ3n) is 8.07. The molecule has 0 amide bonds. The summed E-state index contributed by atoms with van der Waals surface area (Å²) in [5.41, 5.74) is 2.47. The molecule has 1 heterocycles. The molecule has 4 rings (SSSR count). The fourth-order valence-corrected chi connectivity index (χ4v) is 5.81. The number of ether oxygens (including phenoxy) is 2. The van der Waals surface area contributed by atoms with Gasteiger partial charge in [0.2, 0.25) is 0 Å². The Labute approximate surface area is 203 Å². The van der Waals surface area contributed by atoms with Gasteiger partial charge in [0.25, 0.3) is 0 Å². The van der Waals surface area contributed by atoms with Gasteiger partial charge >= 0.3 is 11.9 Å². The zero-order valence-corrected chi connectivity index (χ0v) is 20.7. The Bertz CT molecular complexity index is 981. The molecule has 2 atom stereocenters. The summed E-state index contributed by atoms with van der Waals surface area (Å²) in [6.07, 6.45) is 4.94. The number of methoxy groups -OCH3 is 1. The maximum atomic E-state index is 13.3. The molecule has 1 saturated heterocycles. The van der Waals surface area contributed by atoms with Crippen molar-refractivity contribution in [3.05, 3.63) is 71.3 Å². The first kappa shape index (κ1) is 24.5. The predicted molar refractivity (Wildman–Crippen MR) is 132 cm³/mol. The number of benzene rings is 2. The number of likely N-dealkylation sites (tertiary alicyclic amines) is 1. The SMILES string of the molecule is COC(=O)c1cccc(C2CCN(C3CC[C@@](C(=O)OCc4ccccc4)(C(C)C)C3)CC2)c1. The van der Waals surface area contributed by atoms with E-state index in [-0.39, 0.29) is 17.9 Å². The van der Waals surface area contributed by atoms with Crippen molar-refractivity contribution in [1.82, 2.24) is 4.90 Å². The van der Waals surface area contributed by atoms with Gasteiger partial charge in [-0.25, -0.2) is 4.79 Å². The summed E-state index contributed by atoms with van der Waals surface area (Å²) in [5.74, 6) is 0.380. The van der Waals surface area contributed by atoms with Crippen LogP contribution in [0.15, 0.2) is 54.6 Å². The van der Waals surface area contributed by atoms with Crippen LogP contribution in [0.3, 0.4) is 0 Å². The van der Waals surface area contributed by atoms with Crippen molar-refractivity contribution in [3.63, 3.8) is 0 Å². The normalized spacial score (nSPS) is 23.7. The number of rotatable bonds is 7. The van der Waals surface area contributed by atoms with Crippen molar-refractivity contribution in [3.8, 4) is 0 Å². The highest BCUT2D eigenvalue weighted by atomic mass is 16.5. The molecule has 0 bridgehead atoms. The van der Waals surface area contributed by atoms with Crippen molar-refractivity contribution < 1.29 is 19.1 Å². The Kier molecular flexibility index (Phi) is 7.72. The summed E-state index contributed by atoms with van der Waals surface area (Å²) in [6, 6.07) is 18.2. The molecule has 1 unspecified atom stereocenters. The number of carbonyl (C=O) groups is 2. The van der Waals surface area contributed by atoms with Crippen LogP contribution in [0, 0.1) is 11.3 Å². The Hall–Kier alpha value is -2.66. The molecular formula is C29H37NO4. The number of hydrogen-bond acceptors (Lipinski definition) is 5. The maximum absolute atomic E-state index is 13.3. The van der Waals surface area contributed by atoms with Gasteiger partial charge in [0.1, 0.15) is 6.61 Å². The number of carbonyl (C=O) groups excluding carboxylic acids is 2. The number of piperidine rings is 1. The highest BCUT2D eigenvalue weighted by Crippen LogP contribution is 2.48. The third-order valence-corrected chi connectivity index (χ3v) is 8.07. The van der Waals surface area contributed by atoms with E-state index in [9.17, 15) is 9.59 Å². The second-order valence-corrected chi connectivity index (χ2v) is 10.2. The predicted octanol–water partition coefficient (Wildman–Crippen LogP) is 5.59. The van der Waals surface area contributed by atoms with E-state index in [1.165, 1.54) is 12.7 Å². The summed E-state index contributed by atoms with van der Waals surface area (Å²) < 4.78 is 10.7. The summed E-state index contributed by atoms with van der Waals surface area (Å²) in [6.45, 7) is 6.70. The van der Waals surface area contributed by atoms with Crippen LogP contribution in [0.5, 0.6) is 0 Å². The Morgan fingerprint density at radius 1 is 1.03 bits per heavy atom. The zero-order valence-electron chi connectivity index (χ0n) is 20.7. The van der Waals surface area contributed by atoms with Gasteiger partial charge in [-0.05, 0) is 80.3 Å². The molecule has 1 saturated carbocycles. The van der Waals surface area contributed by atoms with Crippen LogP contribution < -0.4 is 0 Å². The number of esters is 2. The minimum Gasteiger partial charge on any atom is -0.465 e. The lowest BCUT2D eigenvalue weighted by Crippen LogP contribution is -2.42. The van der Waals surface area contributed by atoms with Crippen molar-refractivity contribution in [2.45, 2.75) is 64.5 Å². The third kappa shape index (κ3) is 5.20. The minimum absolute atomic E-state index is 0.0386. The fourth-order valence-electron chi connectivity index (χ4n) is 5.81. The standard InChI is InChI=1S/C29H37NO4/c1-21(2)29(28(32)34-20-22-8-5-4-6-9-22)15-12-26(19-29)30-16-13-23(14-17-30)24-10-7-11-25(18-24)27(31)33-3/h4-11,18,21,23,26H,12-17,19-20H2,1-3H3/t26?,29-/m0/s1. The average Bonchev–Trinajstić information content (AvgIpc) is 3.35. The molecule has 0 aromatic heterocycles. The molecule has 1 aliphatic carbocycles. The van der Waals surface area contributed by atoms with Crippen molar-refractivity contribution >= 4 is 11.9 Å². The van der Waals surface area contributed by atoms with E-state index in [0.29, 0.717) is 24.1 Å². The number of hydrogen-bond donors (Lipinski definition) is 0. The molecular weight excluding hydrogens is 426 g/mol. The van der Waals surface area contributed by atoms with Crippen LogP contribution in [-0.4, -0.2) is 43.1 Å². The van der Waals surface area contributed by atoms with Crippen molar-refractivity contribution in [2.75, 3.05) is 20.2 Å². The largest absolute Gasteiger partial charge is 0.465 e. The van der Waals surface area contributed by atoms with Gasteiger partial charge in [0, 0.05) is 6.04 Å². The van der Waals surface area contributed by atoms with Gasteiger partial charge in [-0.3, -0.25) is 4.79 Å². The van der Waals surface area contributed by atoms with Gasteiger partial charge in [-0.1, -0.05) is 56.3 Å². The summed E-state index contributed by atoms with van der Waals surface area (Å²) in [7, 11) is 1.42. The molecule has 182 valence electrons. The van der Waals surface area contributed by atoms with E-state index in [2.05, 4.69) is 24.8 Å². The summed E-state index contributed by atoms with van der Waals surface area (Å²) in [4.78, 5) is 27.8. The van der Waals surface area contributed by atoms with Crippen molar-refractivity contribution in [2.24, 2.45) is 11.3 Å². The highest BCUT2D eigenvalue weighted by Gasteiger charge is 2.50. The van der Waals surface area contributed by atoms with Gasteiger partial charge in [0.05, 0.1) is 18.1 Å². The first-order valence-corrected chi connectivity index (χ1v) is 12.6. The van der Waals surface area contributed by atoms with Gasteiger partial charge < -0.3 is 14.4 Å². The van der Waals surface area contributed by atoms with Gasteiger partial charge in [0.15, 0.2) is 0 Å². The summed E-state index contributed by atoms with van der Waals surface area (Å²) >= 11 is 0. The van der Waals surface area contributed by atoms with E-state index in [1.807, 2.05) is 48.5 Å². The topological polar surface area (TPSA) is 55.8 Å². The smallest absolute Gasteiger partial charge is 0.337 e. The second kappa shape index (κ2) is 10.7. The lowest BCUT2D eigenvalue weighted by Gasteiger charge is -2.38. The van der Waals surface area contributed by atoms with Crippen LogP contribution in [0.25, 0.3) is 0 Å². The van der Waals surface area contributed by atoms with E-state index in [1.54, 1.807) is 0 Å². The molecule has 2 aromatic rings. The number of nitrogens with zero attached hydrogens (tertiary/aromatic N) is 1. The Morgan fingerprint density at radius 2 is 1.76 bits per heavy atom. The van der Waals surface area contributed by atoms with E-state index in [0.717, 1.165) is 50.8 Å². The first-order chi connectivity index (χ1) is 16.4. The monoisotopic (exact) mass is 463 g/mol. The van der Waals surface area contributed by atoms with Gasteiger partial charge in [-0.15, -0.1) is 0 Å². The molecule has 2 aliphatic rings. The second-order valence-electron chi connectivity index (χ2n) is 10.2. The average molecular weight is 464 g/mol. The van der Waals surface area contributed by atoms with Crippen LogP contribution in [-0.2, 0) is 20.9 Å². The lowest BCUT2D eigenvalue weighted by molar-refractivity contribution is -0.160. The van der Waals surface area contributed by atoms with E-state index >= 15 is 0 Å². The molecule has 34 heavy (non-hydrogen) atoms. The van der Waals surface area contributed by atoms with E-state index in [4.69, 9.17) is 9.47 Å². The molecule has 0 spiro atoms. The molecule has 1 aliphatic heterocycles. The quantitative estimate of drug-likeness (QED) is 0.501.